The van der Waals surface area contributed by atoms with Gasteiger partial charge in [-0.25, -0.2) is 4.98 Å². The molecule has 0 radical (unpaired) electrons. The number of nitrogens with two attached hydrogens (primary N) is 1. The van der Waals surface area contributed by atoms with Crippen molar-refractivity contribution in [3.05, 3.63) is 27.0 Å². The van der Waals surface area contributed by atoms with Gasteiger partial charge in [0.1, 0.15) is 5.15 Å². The highest BCUT2D eigenvalue weighted by molar-refractivity contribution is 6.43. The van der Waals surface area contributed by atoms with Crippen LogP contribution in [0.15, 0.2) is 6.20 Å². The van der Waals surface area contributed by atoms with Gasteiger partial charge in [-0.1, -0.05) is 47.6 Å². The van der Waals surface area contributed by atoms with Gasteiger partial charge in [-0.2, -0.15) is 0 Å². The van der Waals surface area contributed by atoms with E-state index in [0.29, 0.717) is 16.0 Å². The molecule has 0 saturated heterocycles. The zero-order valence-corrected chi connectivity index (χ0v) is 11.0. The Labute approximate surface area is 110 Å². The smallest absolute Gasteiger partial charge is 0.148 e. The predicted molar refractivity (Wildman–Crippen MR) is 68.2 cm³/mol. The number of pyridine rings is 1. The number of hydrogen-bond donors (Lipinski definition) is 1. The minimum Gasteiger partial charge on any atom is -0.324 e. The van der Waals surface area contributed by atoms with Crippen LogP contribution < -0.4 is 5.73 Å². The van der Waals surface area contributed by atoms with Crippen molar-refractivity contribution >= 4 is 34.8 Å². The lowest BCUT2D eigenvalue weighted by molar-refractivity contribution is 0.445. The van der Waals surface area contributed by atoms with Gasteiger partial charge in [0.2, 0.25) is 0 Å². The molecule has 1 atom stereocenters. The van der Waals surface area contributed by atoms with E-state index in [9.17, 15) is 0 Å². The van der Waals surface area contributed by atoms with Crippen LogP contribution in [0.4, 0.5) is 0 Å². The van der Waals surface area contributed by atoms with E-state index >= 15 is 0 Å². The molecule has 0 spiro atoms. The van der Waals surface area contributed by atoms with E-state index in [1.54, 1.807) is 0 Å². The molecule has 2 N–H and O–H groups in total. The van der Waals surface area contributed by atoms with Crippen LogP contribution in [0, 0.1) is 5.92 Å². The summed E-state index contributed by atoms with van der Waals surface area (Å²) in [6, 6.07) is -0.136. The molecule has 0 aromatic carbocycles. The Morgan fingerprint density at radius 3 is 2.50 bits per heavy atom. The normalized spacial score (nSPS) is 19.0. The monoisotopic (exact) mass is 278 g/mol. The molecule has 5 heteroatoms. The molecule has 2 rings (SSSR count). The topological polar surface area (TPSA) is 38.9 Å². The third-order valence-electron chi connectivity index (χ3n) is 3.21. The van der Waals surface area contributed by atoms with Crippen LogP contribution in [0.5, 0.6) is 0 Å². The van der Waals surface area contributed by atoms with Gasteiger partial charge >= 0.3 is 0 Å². The summed E-state index contributed by atoms with van der Waals surface area (Å²) in [5.41, 5.74) is 6.96. The molecule has 2 nitrogen and oxygen atoms in total. The second-order valence-electron chi connectivity index (χ2n) is 4.19. The molecule has 1 heterocycles. The quantitative estimate of drug-likeness (QED) is 0.823. The number of aromatic nitrogens is 1. The summed E-state index contributed by atoms with van der Waals surface area (Å²) in [5, 5.41) is 1.18. The lowest BCUT2D eigenvalue weighted by Crippen LogP contribution is -2.20. The summed E-state index contributed by atoms with van der Waals surface area (Å²) < 4.78 is 0. The largest absolute Gasteiger partial charge is 0.324 e. The molecular weight excluding hydrogens is 266 g/mol. The van der Waals surface area contributed by atoms with E-state index < -0.39 is 0 Å². The summed E-state index contributed by atoms with van der Waals surface area (Å²) in [7, 11) is 0. The summed E-state index contributed by atoms with van der Waals surface area (Å²) in [4.78, 5) is 3.89. The lowest BCUT2D eigenvalue weighted by atomic mass is 9.93. The van der Waals surface area contributed by atoms with E-state index in [-0.39, 0.29) is 11.2 Å². The standard InChI is InChI=1S/C11H13Cl3N2/c12-7-5-16-11(14)9(13)8(7)10(15)6-3-1-2-4-6/h5-6,10H,1-4,15H2/t10-/m0/s1. The van der Waals surface area contributed by atoms with Gasteiger partial charge in [0, 0.05) is 17.8 Å². The first kappa shape index (κ1) is 12.4. The zero-order valence-electron chi connectivity index (χ0n) is 8.72. The summed E-state index contributed by atoms with van der Waals surface area (Å²) in [5.74, 6) is 0.452. The average Bonchev–Trinajstić information content (AvgIpc) is 2.77. The van der Waals surface area contributed by atoms with Crippen molar-refractivity contribution in [2.24, 2.45) is 11.7 Å². The van der Waals surface area contributed by atoms with Crippen LogP contribution in [-0.2, 0) is 0 Å². The second-order valence-corrected chi connectivity index (χ2v) is 5.34. The van der Waals surface area contributed by atoms with Crippen LogP contribution in [0.1, 0.15) is 37.3 Å². The van der Waals surface area contributed by atoms with Crippen LogP contribution in [0.3, 0.4) is 0 Å². The third-order valence-corrected chi connectivity index (χ3v) is 4.27. The van der Waals surface area contributed by atoms with Gasteiger partial charge in [0.15, 0.2) is 0 Å². The first-order chi connectivity index (χ1) is 7.61. The molecule has 1 aliphatic rings. The Balaban J connectivity index is 2.34. The number of hydrogen-bond acceptors (Lipinski definition) is 2. The highest BCUT2D eigenvalue weighted by Crippen LogP contribution is 2.40. The lowest BCUT2D eigenvalue weighted by Gasteiger charge is -2.21. The molecule has 88 valence electrons. The number of halogens is 3. The second kappa shape index (κ2) is 5.09. The van der Waals surface area contributed by atoms with Gasteiger partial charge in [-0.05, 0) is 18.8 Å². The van der Waals surface area contributed by atoms with Crippen molar-refractivity contribution in [1.29, 1.82) is 0 Å². The van der Waals surface area contributed by atoms with Gasteiger partial charge < -0.3 is 5.73 Å². The van der Waals surface area contributed by atoms with E-state index in [0.717, 1.165) is 18.4 Å². The molecule has 1 aromatic heterocycles. The Kier molecular flexibility index (Phi) is 3.96. The highest BCUT2D eigenvalue weighted by Gasteiger charge is 2.27. The fourth-order valence-electron chi connectivity index (χ4n) is 2.31. The first-order valence-corrected chi connectivity index (χ1v) is 6.49. The molecule has 1 aliphatic carbocycles. The molecule has 0 unspecified atom stereocenters. The van der Waals surface area contributed by atoms with E-state index in [4.69, 9.17) is 40.5 Å². The first-order valence-electron chi connectivity index (χ1n) is 5.36. The minimum absolute atomic E-state index is 0.136. The molecule has 16 heavy (non-hydrogen) atoms. The van der Waals surface area contributed by atoms with E-state index in [1.807, 2.05) is 0 Å². The highest BCUT2D eigenvalue weighted by atomic mass is 35.5. The van der Waals surface area contributed by atoms with Crippen molar-refractivity contribution in [3.63, 3.8) is 0 Å². The molecule has 1 fully saturated rings. The van der Waals surface area contributed by atoms with Gasteiger partial charge in [-0.15, -0.1) is 0 Å². The Bertz CT molecular complexity index is 389. The molecule has 1 aromatic rings. The van der Waals surface area contributed by atoms with Crippen molar-refractivity contribution < 1.29 is 0 Å². The third kappa shape index (κ3) is 2.30. The molecule has 1 saturated carbocycles. The maximum Gasteiger partial charge on any atom is 0.148 e. The fraction of sp³-hybridized carbons (Fsp3) is 0.545. The molecule has 0 bridgehead atoms. The Morgan fingerprint density at radius 1 is 1.25 bits per heavy atom. The summed E-state index contributed by atoms with van der Waals surface area (Å²) in [6.45, 7) is 0. The summed E-state index contributed by atoms with van der Waals surface area (Å²) >= 11 is 18.1. The van der Waals surface area contributed by atoms with Gasteiger partial charge in [-0.3, -0.25) is 0 Å². The molecular formula is C11H13Cl3N2. The summed E-state index contributed by atoms with van der Waals surface area (Å²) in [6.07, 6.45) is 6.24. The zero-order chi connectivity index (χ0) is 11.7. The van der Waals surface area contributed by atoms with Crippen LogP contribution in [-0.4, -0.2) is 4.98 Å². The van der Waals surface area contributed by atoms with Crippen LogP contribution >= 0.6 is 34.8 Å². The number of rotatable bonds is 2. The van der Waals surface area contributed by atoms with Crippen molar-refractivity contribution in [3.8, 4) is 0 Å². The van der Waals surface area contributed by atoms with E-state index in [2.05, 4.69) is 4.98 Å². The van der Waals surface area contributed by atoms with Gasteiger partial charge in [0.05, 0.1) is 10.0 Å². The fourth-order valence-corrected chi connectivity index (χ4v) is 3.06. The van der Waals surface area contributed by atoms with Crippen molar-refractivity contribution in [2.45, 2.75) is 31.7 Å². The Hall–Kier alpha value is -0.0200. The Morgan fingerprint density at radius 2 is 1.88 bits per heavy atom. The van der Waals surface area contributed by atoms with E-state index in [1.165, 1.54) is 19.0 Å². The SMILES string of the molecule is N[C@H](c1c(Cl)cnc(Cl)c1Cl)C1CCCC1. The maximum atomic E-state index is 6.22. The minimum atomic E-state index is -0.136. The molecule has 0 amide bonds. The molecule has 0 aliphatic heterocycles. The average molecular weight is 280 g/mol. The van der Waals surface area contributed by atoms with Gasteiger partial charge in [0.25, 0.3) is 0 Å². The van der Waals surface area contributed by atoms with Crippen molar-refractivity contribution in [2.75, 3.05) is 0 Å². The number of nitrogens with zero attached hydrogens (tertiary/aromatic N) is 1. The maximum absolute atomic E-state index is 6.22. The van der Waals surface area contributed by atoms with Crippen LogP contribution in [0.2, 0.25) is 15.2 Å². The predicted octanol–water partition coefficient (Wildman–Crippen LogP) is 4.23. The van der Waals surface area contributed by atoms with Crippen molar-refractivity contribution in [1.82, 2.24) is 4.98 Å². The van der Waals surface area contributed by atoms with Crippen LogP contribution in [0.25, 0.3) is 0 Å².